The summed E-state index contributed by atoms with van der Waals surface area (Å²) in [7, 11) is -4.35. The van der Waals surface area contributed by atoms with Crippen molar-refractivity contribution >= 4 is 61.6 Å². The predicted octanol–water partition coefficient (Wildman–Crippen LogP) is -5.04. The molecule has 0 spiro atoms. The average Bonchev–Trinajstić information content (AvgIpc) is 1.80. The second-order valence-corrected chi connectivity index (χ2v) is 3.52. The van der Waals surface area contributed by atoms with Gasteiger partial charge in [0.1, 0.15) is 6.04 Å². The van der Waals surface area contributed by atoms with Crippen LogP contribution in [0.25, 0.3) is 0 Å². The zero-order valence-electron chi connectivity index (χ0n) is 6.64. The van der Waals surface area contributed by atoms with Crippen LogP contribution in [0, 0.1) is 0 Å². The van der Waals surface area contributed by atoms with Gasteiger partial charge in [0.05, 0.1) is 10.1 Å². The SMILES string of the molecule is NC(CCS(=O)(=O)[O-])C(=O)O.[Cl-].[Sr+2]. The van der Waals surface area contributed by atoms with Gasteiger partial charge in [0, 0.05) is 5.75 Å². The van der Waals surface area contributed by atoms with Gasteiger partial charge in [-0.25, -0.2) is 8.42 Å². The van der Waals surface area contributed by atoms with Crippen LogP contribution >= 0.6 is 0 Å². The Bertz CT molecular complexity index is 243. The van der Waals surface area contributed by atoms with E-state index in [1.807, 2.05) is 0 Å². The Morgan fingerprint density at radius 3 is 2.15 bits per heavy atom. The van der Waals surface area contributed by atoms with Crippen molar-refractivity contribution in [3.8, 4) is 0 Å². The molecule has 0 aromatic carbocycles. The summed E-state index contributed by atoms with van der Waals surface area (Å²) >= 11 is 0. The van der Waals surface area contributed by atoms with E-state index in [4.69, 9.17) is 10.8 Å². The average molecular weight is 305 g/mol. The van der Waals surface area contributed by atoms with Crippen LogP contribution in [0.4, 0.5) is 0 Å². The third kappa shape index (κ3) is 13.1. The summed E-state index contributed by atoms with van der Waals surface area (Å²) in [5.41, 5.74) is 4.92. The van der Waals surface area contributed by atoms with E-state index < -0.39 is 27.9 Å². The Kier molecular flexibility index (Phi) is 12.7. The van der Waals surface area contributed by atoms with Crippen molar-refractivity contribution in [1.29, 1.82) is 0 Å². The molecule has 0 saturated carbocycles. The van der Waals surface area contributed by atoms with Gasteiger partial charge >= 0.3 is 51.5 Å². The Labute approximate surface area is 119 Å². The van der Waals surface area contributed by atoms with Crippen LogP contribution in [0.5, 0.6) is 0 Å². The van der Waals surface area contributed by atoms with Crippen molar-refractivity contribution in [3.05, 3.63) is 0 Å². The molecule has 0 bridgehead atoms. The summed E-state index contributed by atoms with van der Waals surface area (Å²) in [5.74, 6) is -2.05. The Morgan fingerprint density at radius 2 is 1.92 bits per heavy atom. The molecule has 0 heterocycles. The third-order valence-electron chi connectivity index (χ3n) is 0.996. The van der Waals surface area contributed by atoms with Crippen molar-refractivity contribution in [3.63, 3.8) is 0 Å². The van der Waals surface area contributed by atoms with Crippen molar-refractivity contribution in [2.75, 3.05) is 5.75 Å². The molecule has 0 aromatic heterocycles. The van der Waals surface area contributed by atoms with Crippen LogP contribution in [-0.2, 0) is 14.9 Å². The predicted molar refractivity (Wildman–Crippen MR) is 40.5 cm³/mol. The first-order valence-corrected chi connectivity index (χ1v) is 4.32. The molecule has 9 heteroatoms. The fourth-order valence-corrected chi connectivity index (χ4v) is 0.937. The third-order valence-corrected chi connectivity index (χ3v) is 1.73. The van der Waals surface area contributed by atoms with Crippen molar-refractivity contribution in [2.45, 2.75) is 12.5 Å². The number of carboxylic acids is 1. The van der Waals surface area contributed by atoms with Gasteiger partial charge in [-0.3, -0.25) is 4.79 Å². The molecular formula is C4H8ClNO5SSr. The van der Waals surface area contributed by atoms with Crippen molar-refractivity contribution in [2.24, 2.45) is 5.73 Å². The first kappa shape index (κ1) is 19.6. The molecular weight excluding hydrogens is 297 g/mol. The van der Waals surface area contributed by atoms with Gasteiger partial charge in [0.25, 0.3) is 0 Å². The molecule has 6 nitrogen and oxygen atoms in total. The number of hydrogen-bond acceptors (Lipinski definition) is 5. The summed E-state index contributed by atoms with van der Waals surface area (Å²) in [6.45, 7) is 0. The Morgan fingerprint density at radius 1 is 1.54 bits per heavy atom. The molecule has 74 valence electrons. The molecule has 13 heavy (non-hydrogen) atoms. The maximum atomic E-state index is 9.99. The molecule has 0 saturated heterocycles. The number of halogens is 1. The topological polar surface area (TPSA) is 121 Å². The van der Waals surface area contributed by atoms with Crippen LogP contribution < -0.4 is 18.1 Å². The summed E-state index contributed by atoms with van der Waals surface area (Å²) in [6.07, 6.45) is -0.346. The number of aliphatic carboxylic acids is 1. The number of rotatable bonds is 4. The largest absolute Gasteiger partial charge is 2.00 e. The van der Waals surface area contributed by atoms with E-state index in [1.165, 1.54) is 0 Å². The molecule has 1 atom stereocenters. The molecule has 1 unspecified atom stereocenters. The normalized spacial score (nSPS) is 12.2. The van der Waals surface area contributed by atoms with Crippen LogP contribution in [0.15, 0.2) is 0 Å². The molecule has 0 radical (unpaired) electrons. The van der Waals surface area contributed by atoms with Crippen LogP contribution in [-0.4, -0.2) is 81.3 Å². The van der Waals surface area contributed by atoms with Gasteiger partial charge in [0.2, 0.25) is 0 Å². The molecule has 0 rings (SSSR count). The van der Waals surface area contributed by atoms with Gasteiger partial charge < -0.3 is 27.8 Å². The van der Waals surface area contributed by atoms with Gasteiger partial charge in [-0.15, -0.1) is 0 Å². The molecule has 0 aliphatic rings. The fraction of sp³-hybridized carbons (Fsp3) is 0.750. The minimum absolute atomic E-state index is 0. The zero-order chi connectivity index (χ0) is 9.07. The van der Waals surface area contributed by atoms with E-state index in [-0.39, 0.29) is 64.3 Å². The van der Waals surface area contributed by atoms with E-state index in [0.29, 0.717) is 0 Å². The Hall–Kier alpha value is 1.11. The maximum absolute atomic E-state index is 9.99. The smallest absolute Gasteiger partial charge is 1.00 e. The van der Waals surface area contributed by atoms with Gasteiger partial charge in [-0.2, -0.15) is 0 Å². The molecule has 0 amide bonds. The summed E-state index contributed by atoms with van der Waals surface area (Å²) in [6, 6.07) is -1.28. The van der Waals surface area contributed by atoms with E-state index in [9.17, 15) is 17.8 Å². The number of nitrogens with two attached hydrogens (primary N) is 1. The van der Waals surface area contributed by atoms with E-state index >= 15 is 0 Å². The summed E-state index contributed by atoms with van der Waals surface area (Å²) in [4.78, 5) is 9.99. The van der Waals surface area contributed by atoms with E-state index in [1.54, 1.807) is 0 Å². The summed E-state index contributed by atoms with van der Waals surface area (Å²) < 4.78 is 29.9. The first-order chi connectivity index (χ1) is 4.83. The number of hydrogen-bond donors (Lipinski definition) is 2. The van der Waals surface area contributed by atoms with Gasteiger partial charge in [0.15, 0.2) is 0 Å². The zero-order valence-corrected chi connectivity index (χ0v) is 11.7. The van der Waals surface area contributed by atoms with E-state index in [2.05, 4.69) is 0 Å². The van der Waals surface area contributed by atoms with Crippen LogP contribution in [0.1, 0.15) is 6.42 Å². The number of carbonyl (C=O) groups is 1. The van der Waals surface area contributed by atoms with Crippen molar-refractivity contribution < 1.29 is 35.3 Å². The minimum Gasteiger partial charge on any atom is -1.00 e. The standard InChI is InChI=1S/C4H9NO5S.ClH.Sr/c5-3(4(6)7)1-2-11(8,9)10;;/h3H,1-2,5H2,(H,6,7)(H,8,9,10);1H;/q;;+2/p-2. The van der Waals surface area contributed by atoms with Gasteiger partial charge in [-0.05, 0) is 6.42 Å². The fourth-order valence-electron chi connectivity index (χ4n) is 0.395. The minimum atomic E-state index is -4.35. The van der Waals surface area contributed by atoms with E-state index in [0.717, 1.165) is 0 Å². The second-order valence-electron chi connectivity index (χ2n) is 2.00. The molecule has 3 N–H and O–H groups in total. The Balaban J connectivity index is -0.000000500. The quantitative estimate of drug-likeness (QED) is 0.396. The van der Waals surface area contributed by atoms with Gasteiger partial charge in [-0.1, -0.05) is 0 Å². The maximum Gasteiger partial charge on any atom is 2.00 e. The molecule has 0 fully saturated rings. The molecule has 0 aromatic rings. The monoisotopic (exact) mass is 305 g/mol. The number of carboxylic acid groups (broad SMARTS) is 1. The van der Waals surface area contributed by atoms with Crippen LogP contribution in [0.2, 0.25) is 0 Å². The molecule has 0 aliphatic heterocycles. The summed E-state index contributed by atoms with van der Waals surface area (Å²) in [5, 5.41) is 8.16. The second kappa shape index (κ2) is 8.42. The van der Waals surface area contributed by atoms with Crippen LogP contribution in [0.3, 0.4) is 0 Å². The molecule has 0 aliphatic carbocycles. The first-order valence-electron chi connectivity index (χ1n) is 2.75. The van der Waals surface area contributed by atoms with Crippen molar-refractivity contribution in [1.82, 2.24) is 0 Å².